The van der Waals surface area contributed by atoms with Gasteiger partial charge in [0, 0.05) is 35.9 Å². The molecule has 10 nitrogen and oxygen atoms in total. The Morgan fingerprint density at radius 1 is 1.11 bits per heavy atom. The van der Waals surface area contributed by atoms with Crippen LogP contribution in [0.25, 0.3) is 17.0 Å². The predicted molar refractivity (Wildman–Crippen MR) is 122 cm³/mol. The molecule has 0 unspecified atom stereocenters. The molecule has 1 aromatic carbocycles. The maximum Gasteiger partial charge on any atom is 0.451 e. The largest absolute Gasteiger partial charge is 0.451 e. The van der Waals surface area contributed by atoms with Gasteiger partial charge in [0.15, 0.2) is 0 Å². The van der Waals surface area contributed by atoms with Gasteiger partial charge in [-0.05, 0) is 43.9 Å². The van der Waals surface area contributed by atoms with Gasteiger partial charge in [-0.3, -0.25) is 9.30 Å². The predicted octanol–water partition coefficient (Wildman–Crippen LogP) is 1.99. The molecular formula is C22H24F3N7O3S. The Hall–Kier alpha value is -2.81. The first-order chi connectivity index (χ1) is 16.9. The number of ether oxygens (including phenoxy) is 1. The first-order valence-corrected chi connectivity index (χ1v) is 13.0. The van der Waals surface area contributed by atoms with Crippen LogP contribution in [0.4, 0.5) is 19.1 Å². The topological polar surface area (TPSA) is 128 Å². The van der Waals surface area contributed by atoms with E-state index in [0.717, 1.165) is 36.8 Å². The highest BCUT2D eigenvalue weighted by atomic mass is 32.2. The van der Waals surface area contributed by atoms with Crippen LogP contribution in [-0.4, -0.2) is 70.1 Å². The summed E-state index contributed by atoms with van der Waals surface area (Å²) in [4.78, 5) is 13.4. The van der Waals surface area contributed by atoms with Gasteiger partial charge >= 0.3 is 6.18 Å². The van der Waals surface area contributed by atoms with Crippen molar-refractivity contribution in [3.8, 4) is 11.3 Å². The van der Waals surface area contributed by atoms with E-state index in [1.165, 1.54) is 18.3 Å². The van der Waals surface area contributed by atoms with Gasteiger partial charge in [-0.1, -0.05) is 6.07 Å². The van der Waals surface area contributed by atoms with Crippen molar-refractivity contribution < 1.29 is 26.3 Å². The molecule has 36 heavy (non-hydrogen) atoms. The van der Waals surface area contributed by atoms with Crippen molar-refractivity contribution in [1.29, 1.82) is 0 Å². The minimum absolute atomic E-state index is 0.0559. The number of imidazole rings is 1. The standard InChI is InChI=1S/C22H24F3N7O3S/c1-13-2-3-14(36(33,34)30-20-10-21(11-20,12-20)31-4-6-35-7-5-31)8-15(13)16-9-32-18(26)28-17(22(23,24)25)29-19(32)27-16/h2-3,8-9,30H,4-7,10-12H2,1H3,(H2,26,27,28,29). The third-order valence-corrected chi connectivity index (χ3v) is 9.02. The second-order valence-corrected chi connectivity index (χ2v) is 11.6. The maximum absolute atomic E-state index is 13.3. The minimum Gasteiger partial charge on any atom is -0.379 e. The molecule has 0 atom stereocenters. The number of nitrogens with one attached hydrogen (secondary N) is 1. The molecular weight excluding hydrogens is 499 g/mol. The summed E-state index contributed by atoms with van der Waals surface area (Å²) in [7, 11) is -3.84. The van der Waals surface area contributed by atoms with Crippen molar-refractivity contribution in [3.63, 3.8) is 0 Å². The molecule has 0 amide bonds. The normalized spacial score (nSPS) is 26.6. The summed E-state index contributed by atoms with van der Waals surface area (Å²) >= 11 is 0. The van der Waals surface area contributed by atoms with Crippen molar-refractivity contribution in [2.75, 3.05) is 32.0 Å². The van der Waals surface area contributed by atoms with E-state index in [9.17, 15) is 21.6 Å². The number of hydrogen-bond acceptors (Lipinski definition) is 8. The maximum atomic E-state index is 13.3. The number of morpholine rings is 1. The van der Waals surface area contributed by atoms with Gasteiger partial charge < -0.3 is 10.5 Å². The van der Waals surface area contributed by atoms with E-state index in [-0.39, 0.29) is 21.9 Å². The Balaban J connectivity index is 1.26. The lowest BCUT2D eigenvalue weighted by Gasteiger charge is -2.74. The monoisotopic (exact) mass is 523 g/mol. The van der Waals surface area contributed by atoms with Gasteiger partial charge in [0.05, 0.1) is 23.8 Å². The number of sulfonamides is 1. The first-order valence-electron chi connectivity index (χ1n) is 11.5. The highest BCUT2D eigenvalue weighted by Gasteiger charge is 2.71. The van der Waals surface area contributed by atoms with Crippen molar-refractivity contribution in [2.24, 2.45) is 0 Å². The quantitative estimate of drug-likeness (QED) is 0.520. The number of hydrogen-bond donors (Lipinski definition) is 2. The fourth-order valence-electron chi connectivity index (χ4n) is 5.76. The summed E-state index contributed by atoms with van der Waals surface area (Å²) in [6.45, 7) is 4.88. The van der Waals surface area contributed by atoms with E-state index in [4.69, 9.17) is 10.5 Å². The lowest BCUT2D eigenvalue weighted by molar-refractivity contribution is -0.188. The van der Waals surface area contributed by atoms with E-state index >= 15 is 0 Å². The van der Waals surface area contributed by atoms with Crippen LogP contribution >= 0.6 is 0 Å². The molecule has 3 heterocycles. The molecule has 14 heteroatoms. The van der Waals surface area contributed by atoms with Crippen LogP contribution in [0.5, 0.6) is 0 Å². The summed E-state index contributed by atoms with van der Waals surface area (Å²) in [5.41, 5.74) is 6.70. The lowest BCUT2D eigenvalue weighted by Crippen LogP contribution is -2.84. The minimum atomic E-state index is -4.78. The van der Waals surface area contributed by atoms with E-state index in [1.807, 2.05) is 0 Å². The van der Waals surface area contributed by atoms with E-state index in [1.54, 1.807) is 13.0 Å². The molecule has 1 saturated heterocycles. The Labute approximate surface area is 204 Å². The molecule has 4 aliphatic rings. The number of alkyl halides is 3. The Morgan fingerprint density at radius 2 is 1.81 bits per heavy atom. The molecule has 2 aromatic heterocycles. The van der Waals surface area contributed by atoms with Crippen LogP contribution in [0.3, 0.4) is 0 Å². The average molecular weight is 524 g/mol. The van der Waals surface area contributed by atoms with Crippen LogP contribution in [0.1, 0.15) is 30.7 Å². The smallest absolute Gasteiger partial charge is 0.379 e. The number of fused-ring (bicyclic) bond motifs is 1. The van der Waals surface area contributed by atoms with Crippen LogP contribution in [0.15, 0.2) is 29.3 Å². The SMILES string of the molecule is Cc1ccc(S(=O)(=O)NC23CC(N4CCOCC4)(C2)C3)cc1-c1cn2c(N)nc(C(F)(F)F)nc2n1. The fourth-order valence-corrected chi connectivity index (χ4v) is 7.19. The Bertz CT molecular complexity index is 1460. The zero-order valence-corrected chi connectivity index (χ0v) is 20.2. The average Bonchev–Trinajstić information content (AvgIpc) is 3.20. The molecule has 1 aliphatic heterocycles. The van der Waals surface area contributed by atoms with Gasteiger partial charge in [-0.15, -0.1) is 0 Å². The van der Waals surface area contributed by atoms with Gasteiger partial charge in [0.1, 0.15) is 0 Å². The third kappa shape index (κ3) is 3.66. The number of nitrogens with zero attached hydrogens (tertiary/aromatic N) is 5. The van der Waals surface area contributed by atoms with Crippen molar-refractivity contribution >= 4 is 21.7 Å². The van der Waals surface area contributed by atoms with Crippen molar-refractivity contribution in [1.82, 2.24) is 29.0 Å². The number of nitrogens with two attached hydrogens (primary N) is 1. The fraction of sp³-hybridized carbons (Fsp3) is 0.500. The van der Waals surface area contributed by atoms with Crippen molar-refractivity contribution in [2.45, 2.75) is 48.3 Å². The van der Waals surface area contributed by atoms with Gasteiger partial charge in [-0.25, -0.2) is 18.1 Å². The number of aromatic nitrogens is 4. The van der Waals surface area contributed by atoms with Gasteiger partial charge in [0.2, 0.25) is 27.6 Å². The highest BCUT2D eigenvalue weighted by Crippen LogP contribution is 2.64. The number of nitrogen functional groups attached to an aromatic ring is 1. The van der Waals surface area contributed by atoms with Crippen LogP contribution in [0, 0.1) is 6.92 Å². The summed E-state index contributed by atoms with van der Waals surface area (Å²) < 4.78 is 75.3. The molecule has 3 aliphatic carbocycles. The number of aryl methyl sites for hydroxylation is 1. The molecule has 0 spiro atoms. The second kappa shape index (κ2) is 7.60. The zero-order valence-electron chi connectivity index (χ0n) is 19.3. The van der Waals surface area contributed by atoms with Crippen molar-refractivity contribution in [3.05, 3.63) is 35.8 Å². The third-order valence-electron chi connectivity index (χ3n) is 7.44. The van der Waals surface area contributed by atoms with Crippen LogP contribution in [-0.2, 0) is 20.9 Å². The molecule has 3 N–H and O–H groups in total. The molecule has 4 fully saturated rings. The Kier molecular flexibility index (Phi) is 4.98. The molecule has 7 rings (SSSR count). The Morgan fingerprint density at radius 3 is 2.47 bits per heavy atom. The first kappa shape index (κ1) is 23.6. The number of halogens is 3. The summed E-state index contributed by atoms with van der Waals surface area (Å²) in [5, 5.41) is 0. The lowest BCUT2D eigenvalue weighted by atomic mass is 9.44. The summed E-state index contributed by atoms with van der Waals surface area (Å²) in [5.74, 6) is -2.10. The van der Waals surface area contributed by atoms with Gasteiger partial charge in [0.25, 0.3) is 0 Å². The molecule has 192 valence electrons. The summed E-state index contributed by atoms with van der Waals surface area (Å²) in [6, 6.07) is 4.62. The number of benzene rings is 1. The number of rotatable bonds is 5. The van der Waals surface area contributed by atoms with Gasteiger partial charge in [-0.2, -0.15) is 23.1 Å². The van der Waals surface area contributed by atoms with E-state index < -0.39 is 33.5 Å². The zero-order chi connectivity index (χ0) is 25.5. The van der Waals surface area contributed by atoms with E-state index in [2.05, 4.69) is 24.6 Å². The molecule has 0 radical (unpaired) electrons. The number of anilines is 1. The van der Waals surface area contributed by atoms with E-state index in [0.29, 0.717) is 24.3 Å². The molecule has 2 bridgehead atoms. The highest BCUT2D eigenvalue weighted by molar-refractivity contribution is 7.89. The van der Waals surface area contributed by atoms with Crippen LogP contribution in [0.2, 0.25) is 0 Å². The second-order valence-electron chi connectivity index (χ2n) is 9.92. The van der Waals surface area contributed by atoms with Crippen LogP contribution < -0.4 is 10.5 Å². The molecule has 3 saturated carbocycles. The summed E-state index contributed by atoms with van der Waals surface area (Å²) in [6.07, 6.45) is -1.08. The molecule has 3 aromatic rings.